The van der Waals surface area contributed by atoms with Gasteiger partial charge >= 0.3 is 5.69 Å². The van der Waals surface area contributed by atoms with Gasteiger partial charge in [-0.1, -0.05) is 0 Å². The molecule has 1 aromatic heterocycles. The molecule has 0 radical (unpaired) electrons. The van der Waals surface area contributed by atoms with Gasteiger partial charge in [0, 0.05) is 5.56 Å². The Morgan fingerprint density at radius 2 is 1.93 bits per heavy atom. The highest BCUT2D eigenvalue weighted by molar-refractivity contribution is 5.99. The fraction of sp³-hybridized carbons (Fsp3) is 0.111. The molecule has 15 heavy (non-hydrogen) atoms. The van der Waals surface area contributed by atoms with Crippen LogP contribution < -0.4 is 11.4 Å². The standard InChI is InChI=1S/C9H9N3O2.ClH/c10-4-8(13)5-1-2-6-7(3-5)12-9(14)11-6;/h1-3H,4,10H2,(H2,11,12,14);1H. The van der Waals surface area contributed by atoms with Gasteiger partial charge in [0.1, 0.15) is 0 Å². The predicted molar refractivity (Wildman–Crippen MR) is 59.6 cm³/mol. The van der Waals surface area contributed by atoms with Gasteiger partial charge in [0.05, 0.1) is 17.6 Å². The second kappa shape index (κ2) is 4.29. The molecule has 2 aromatic rings. The summed E-state index contributed by atoms with van der Waals surface area (Å²) < 4.78 is 0. The van der Waals surface area contributed by atoms with Gasteiger partial charge in [-0.25, -0.2) is 4.79 Å². The fourth-order valence-corrected chi connectivity index (χ4v) is 1.32. The summed E-state index contributed by atoms with van der Waals surface area (Å²) in [5.41, 5.74) is 6.76. The molecule has 1 aromatic carbocycles. The topological polar surface area (TPSA) is 91.7 Å². The van der Waals surface area contributed by atoms with E-state index >= 15 is 0 Å². The molecule has 0 atom stereocenters. The van der Waals surface area contributed by atoms with Crippen LogP contribution in [0.15, 0.2) is 23.0 Å². The molecule has 0 aliphatic rings. The summed E-state index contributed by atoms with van der Waals surface area (Å²) in [7, 11) is 0. The average molecular weight is 228 g/mol. The van der Waals surface area contributed by atoms with Gasteiger partial charge in [-0.3, -0.25) is 4.79 Å². The number of fused-ring (bicyclic) bond motifs is 1. The van der Waals surface area contributed by atoms with Crippen LogP contribution in [-0.2, 0) is 0 Å². The lowest BCUT2D eigenvalue weighted by Crippen LogP contribution is -2.13. The average Bonchev–Trinajstić information content (AvgIpc) is 2.55. The quantitative estimate of drug-likeness (QED) is 0.650. The van der Waals surface area contributed by atoms with Crippen LogP contribution in [0.1, 0.15) is 10.4 Å². The number of hydrogen-bond donors (Lipinski definition) is 3. The lowest BCUT2D eigenvalue weighted by molar-refractivity contribution is 0.100. The summed E-state index contributed by atoms with van der Waals surface area (Å²) in [6.45, 7) is -0.0276. The molecule has 0 aliphatic heterocycles. The van der Waals surface area contributed by atoms with E-state index in [1.165, 1.54) is 0 Å². The molecule has 0 bridgehead atoms. The molecule has 2 rings (SSSR count). The van der Waals surface area contributed by atoms with Crippen LogP contribution in [0.2, 0.25) is 0 Å². The maximum absolute atomic E-state index is 11.2. The van der Waals surface area contributed by atoms with Crippen molar-refractivity contribution in [1.29, 1.82) is 0 Å². The van der Waals surface area contributed by atoms with E-state index in [4.69, 9.17) is 5.73 Å². The summed E-state index contributed by atoms with van der Waals surface area (Å²) >= 11 is 0. The number of Topliss-reactive ketones (excluding diaryl/α,β-unsaturated/α-hetero) is 1. The molecule has 0 spiro atoms. The van der Waals surface area contributed by atoms with Gasteiger partial charge in [-0.05, 0) is 18.2 Å². The molecule has 0 fully saturated rings. The third-order valence-corrected chi connectivity index (χ3v) is 2.02. The first-order valence-electron chi connectivity index (χ1n) is 4.16. The van der Waals surface area contributed by atoms with E-state index in [0.717, 1.165) is 0 Å². The Morgan fingerprint density at radius 1 is 1.27 bits per heavy atom. The zero-order chi connectivity index (χ0) is 10.1. The van der Waals surface area contributed by atoms with Crippen molar-refractivity contribution in [1.82, 2.24) is 9.97 Å². The van der Waals surface area contributed by atoms with Gasteiger partial charge in [-0.2, -0.15) is 0 Å². The monoisotopic (exact) mass is 227 g/mol. The number of nitrogens with two attached hydrogens (primary N) is 1. The highest BCUT2D eigenvalue weighted by atomic mass is 35.5. The van der Waals surface area contributed by atoms with Crippen LogP contribution in [0.4, 0.5) is 0 Å². The van der Waals surface area contributed by atoms with Gasteiger partial charge in [0.15, 0.2) is 5.78 Å². The Hall–Kier alpha value is -1.59. The van der Waals surface area contributed by atoms with E-state index in [1.807, 2.05) is 0 Å². The van der Waals surface area contributed by atoms with Crippen LogP contribution >= 0.6 is 12.4 Å². The highest BCUT2D eigenvalue weighted by Crippen LogP contribution is 2.10. The number of hydrogen-bond acceptors (Lipinski definition) is 3. The van der Waals surface area contributed by atoms with E-state index in [2.05, 4.69) is 9.97 Å². The number of aromatic nitrogens is 2. The molecule has 0 saturated heterocycles. The zero-order valence-electron chi connectivity index (χ0n) is 7.74. The van der Waals surface area contributed by atoms with E-state index in [9.17, 15) is 9.59 Å². The summed E-state index contributed by atoms with van der Waals surface area (Å²) in [6.07, 6.45) is 0. The number of benzene rings is 1. The molecule has 80 valence electrons. The first kappa shape index (κ1) is 11.5. The number of aromatic amines is 2. The Kier molecular flexibility index (Phi) is 3.28. The van der Waals surface area contributed by atoms with Gasteiger partial charge in [0.25, 0.3) is 0 Å². The molecule has 0 amide bonds. The first-order valence-corrected chi connectivity index (χ1v) is 4.16. The number of ketones is 1. The second-order valence-corrected chi connectivity index (χ2v) is 2.97. The Morgan fingerprint density at radius 3 is 2.60 bits per heavy atom. The normalized spacial score (nSPS) is 9.93. The Balaban J connectivity index is 0.00000112. The number of halogens is 1. The number of nitrogens with one attached hydrogen (secondary N) is 2. The number of carbonyl (C=O) groups excluding carboxylic acids is 1. The number of imidazole rings is 1. The molecular weight excluding hydrogens is 218 g/mol. The summed E-state index contributed by atoms with van der Waals surface area (Å²) in [5.74, 6) is -0.144. The lowest BCUT2D eigenvalue weighted by atomic mass is 10.1. The molecule has 0 unspecified atom stereocenters. The maximum Gasteiger partial charge on any atom is 0.323 e. The van der Waals surface area contributed by atoms with Gasteiger partial charge < -0.3 is 15.7 Å². The van der Waals surface area contributed by atoms with Crippen molar-refractivity contribution in [3.05, 3.63) is 34.2 Å². The number of carbonyl (C=O) groups is 1. The van der Waals surface area contributed by atoms with Gasteiger partial charge in [0.2, 0.25) is 0 Å². The predicted octanol–water partition coefficient (Wildman–Crippen LogP) is 0.419. The minimum Gasteiger partial charge on any atom is -0.324 e. The summed E-state index contributed by atoms with van der Waals surface area (Å²) in [4.78, 5) is 27.3. The number of rotatable bonds is 2. The van der Waals surface area contributed by atoms with Crippen LogP contribution in [-0.4, -0.2) is 22.3 Å². The van der Waals surface area contributed by atoms with E-state index in [1.54, 1.807) is 18.2 Å². The molecule has 0 saturated carbocycles. The van der Waals surface area contributed by atoms with Crippen molar-refractivity contribution in [3.8, 4) is 0 Å². The molecule has 4 N–H and O–H groups in total. The summed E-state index contributed by atoms with van der Waals surface area (Å²) in [6, 6.07) is 4.93. The fourth-order valence-electron chi connectivity index (χ4n) is 1.32. The van der Waals surface area contributed by atoms with Crippen LogP contribution in [0.25, 0.3) is 11.0 Å². The van der Waals surface area contributed by atoms with Crippen LogP contribution in [0, 0.1) is 0 Å². The summed E-state index contributed by atoms with van der Waals surface area (Å²) in [5, 5.41) is 0. The SMILES string of the molecule is Cl.NCC(=O)c1ccc2[nH]c(=O)[nH]c2c1. The minimum atomic E-state index is -0.280. The molecule has 1 heterocycles. The Labute approximate surface area is 91.1 Å². The number of H-pyrrole nitrogens is 2. The zero-order valence-corrected chi connectivity index (χ0v) is 8.56. The van der Waals surface area contributed by atoms with Crippen molar-refractivity contribution >= 4 is 29.2 Å². The van der Waals surface area contributed by atoms with E-state index in [0.29, 0.717) is 16.6 Å². The largest absolute Gasteiger partial charge is 0.324 e. The maximum atomic E-state index is 11.2. The van der Waals surface area contributed by atoms with Crippen LogP contribution in [0.5, 0.6) is 0 Å². The van der Waals surface area contributed by atoms with Crippen molar-refractivity contribution in [2.24, 2.45) is 5.73 Å². The smallest absolute Gasteiger partial charge is 0.323 e. The second-order valence-electron chi connectivity index (χ2n) is 2.97. The van der Waals surface area contributed by atoms with Crippen molar-refractivity contribution in [2.75, 3.05) is 6.54 Å². The van der Waals surface area contributed by atoms with Crippen molar-refractivity contribution < 1.29 is 4.79 Å². The van der Waals surface area contributed by atoms with Crippen molar-refractivity contribution in [2.45, 2.75) is 0 Å². The molecule has 0 aliphatic carbocycles. The van der Waals surface area contributed by atoms with E-state index in [-0.39, 0.29) is 30.4 Å². The third kappa shape index (κ3) is 2.08. The van der Waals surface area contributed by atoms with Crippen molar-refractivity contribution in [3.63, 3.8) is 0 Å². The third-order valence-electron chi connectivity index (χ3n) is 2.02. The molecule has 5 nitrogen and oxygen atoms in total. The molecule has 6 heteroatoms. The van der Waals surface area contributed by atoms with Crippen LogP contribution in [0.3, 0.4) is 0 Å². The molecular formula is C9H10ClN3O2. The first-order chi connectivity index (χ1) is 6.70. The Bertz CT molecular complexity index is 544. The van der Waals surface area contributed by atoms with E-state index < -0.39 is 0 Å². The minimum absolute atomic E-state index is 0. The highest BCUT2D eigenvalue weighted by Gasteiger charge is 2.05. The van der Waals surface area contributed by atoms with Gasteiger partial charge in [-0.15, -0.1) is 12.4 Å². The lowest BCUT2D eigenvalue weighted by Gasteiger charge is -1.96.